The molecule has 1 aromatic carbocycles. The monoisotopic (exact) mass is 525 g/mol. The molecule has 7 nitrogen and oxygen atoms in total. The van der Waals surface area contributed by atoms with Crippen molar-refractivity contribution in [1.29, 1.82) is 0 Å². The highest BCUT2D eigenvalue weighted by Gasteiger charge is 2.36. The van der Waals surface area contributed by atoms with Crippen molar-refractivity contribution in [2.45, 2.75) is 56.7 Å². The molecule has 3 fully saturated rings. The van der Waals surface area contributed by atoms with Crippen LogP contribution < -0.4 is 5.56 Å². The average molecular weight is 526 g/mol. The van der Waals surface area contributed by atoms with Crippen molar-refractivity contribution in [3.63, 3.8) is 0 Å². The Morgan fingerprint density at radius 3 is 2.61 bits per heavy atom. The van der Waals surface area contributed by atoms with Gasteiger partial charge in [0.25, 0.3) is 5.56 Å². The number of amides is 2. The summed E-state index contributed by atoms with van der Waals surface area (Å²) >= 11 is 7.49. The highest BCUT2D eigenvalue weighted by Crippen LogP contribution is 2.33. The molecule has 2 atom stereocenters. The Labute approximate surface area is 220 Å². The van der Waals surface area contributed by atoms with E-state index in [4.69, 9.17) is 11.6 Å². The fourth-order valence-corrected chi connectivity index (χ4v) is 7.33. The maximum absolute atomic E-state index is 13.4. The molecule has 3 aliphatic rings. The summed E-state index contributed by atoms with van der Waals surface area (Å²) in [6.45, 7) is 3.29. The van der Waals surface area contributed by atoms with Crippen LogP contribution >= 0.6 is 22.9 Å². The van der Waals surface area contributed by atoms with E-state index in [1.165, 1.54) is 37.0 Å². The van der Waals surface area contributed by atoms with Gasteiger partial charge < -0.3 is 9.80 Å². The molecule has 9 heteroatoms. The van der Waals surface area contributed by atoms with E-state index in [0.29, 0.717) is 34.4 Å². The predicted octanol–water partition coefficient (Wildman–Crippen LogP) is 5.09. The van der Waals surface area contributed by atoms with Crippen LogP contribution in [-0.4, -0.2) is 75.6 Å². The molecule has 6 rings (SSSR count). The molecule has 4 heterocycles. The zero-order valence-electron chi connectivity index (χ0n) is 20.6. The van der Waals surface area contributed by atoms with Gasteiger partial charge in [0.2, 0.25) is 0 Å². The Morgan fingerprint density at radius 1 is 1.06 bits per heavy atom. The first kappa shape index (κ1) is 23.9. The van der Waals surface area contributed by atoms with Crippen LogP contribution in [0.4, 0.5) is 4.79 Å². The van der Waals surface area contributed by atoms with E-state index >= 15 is 0 Å². The molecule has 2 aromatic heterocycles. The minimum atomic E-state index is -0.0496. The summed E-state index contributed by atoms with van der Waals surface area (Å²) in [7, 11) is 1.95. The zero-order chi connectivity index (χ0) is 24.8. The Morgan fingerprint density at radius 2 is 1.83 bits per heavy atom. The minimum Gasteiger partial charge on any atom is -0.323 e. The lowest BCUT2D eigenvalue weighted by atomic mass is 10.2. The van der Waals surface area contributed by atoms with Crippen LogP contribution in [0.3, 0.4) is 0 Å². The van der Waals surface area contributed by atoms with Crippen LogP contribution in [0.2, 0.25) is 5.02 Å². The Hall–Kier alpha value is -2.42. The van der Waals surface area contributed by atoms with Gasteiger partial charge in [-0.1, -0.05) is 36.6 Å². The molecule has 0 N–H and O–H groups in total. The summed E-state index contributed by atoms with van der Waals surface area (Å²) in [6.07, 6.45) is 8.74. The van der Waals surface area contributed by atoms with Crippen molar-refractivity contribution >= 4 is 39.2 Å². The molecule has 2 aliphatic heterocycles. The second-order valence-electron chi connectivity index (χ2n) is 10.4. The van der Waals surface area contributed by atoms with Gasteiger partial charge in [0.05, 0.1) is 17.9 Å². The second-order valence-corrected chi connectivity index (χ2v) is 11.9. The SMILES string of the molecule is CN(C(=O)N1CC[C@H](n2cnc3cc(-c4ccc(Cl)cc4)sc3c2=O)C1)[C@@H]1CCN(C2CCCC2)C1. The summed E-state index contributed by atoms with van der Waals surface area (Å²) < 4.78 is 2.39. The third-order valence-corrected chi connectivity index (χ3v) is 9.72. The lowest BCUT2D eigenvalue weighted by Crippen LogP contribution is -2.46. The number of halogens is 1. The number of rotatable bonds is 4. The van der Waals surface area contributed by atoms with Crippen molar-refractivity contribution in [2.24, 2.45) is 0 Å². The maximum Gasteiger partial charge on any atom is 0.320 e. The highest BCUT2D eigenvalue weighted by molar-refractivity contribution is 7.22. The molecule has 0 bridgehead atoms. The molecule has 3 aromatic rings. The molecule has 190 valence electrons. The number of carbonyl (C=O) groups is 1. The van der Waals surface area contributed by atoms with Crippen molar-refractivity contribution < 1.29 is 4.79 Å². The molecule has 1 aliphatic carbocycles. The first-order valence-electron chi connectivity index (χ1n) is 13.0. The smallest absolute Gasteiger partial charge is 0.320 e. The Bertz CT molecular complexity index is 1320. The largest absolute Gasteiger partial charge is 0.323 e. The summed E-state index contributed by atoms with van der Waals surface area (Å²) in [5, 5.41) is 0.686. The van der Waals surface area contributed by atoms with Gasteiger partial charge in [0.1, 0.15) is 4.70 Å². The van der Waals surface area contributed by atoms with E-state index in [-0.39, 0.29) is 23.7 Å². The molecule has 2 amide bonds. The number of hydrogen-bond donors (Lipinski definition) is 0. The number of urea groups is 1. The normalized spacial score (nSPS) is 23.2. The van der Waals surface area contributed by atoms with Crippen LogP contribution in [0.1, 0.15) is 44.6 Å². The van der Waals surface area contributed by atoms with Gasteiger partial charge in [-0.3, -0.25) is 14.3 Å². The molecule has 36 heavy (non-hydrogen) atoms. The van der Waals surface area contributed by atoms with Gasteiger partial charge in [0, 0.05) is 55.2 Å². The lowest BCUT2D eigenvalue weighted by Gasteiger charge is -2.30. The number of hydrogen-bond acceptors (Lipinski definition) is 5. The van der Waals surface area contributed by atoms with Gasteiger partial charge in [-0.05, 0) is 49.4 Å². The Balaban J connectivity index is 1.14. The van der Waals surface area contributed by atoms with E-state index < -0.39 is 0 Å². The first-order valence-corrected chi connectivity index (χ1v) is 14.2. The summed E-state index contributed by atoms with van der Waals surface area (Å²) in [5.41, 5.74) is 1.71. The van der Waals surface area contributed by atoms with Gasteiger partial charge in [-0.15, -0.1) is 11.3 Å². The molecular formula is C27H32ClN5O2S. The number of likely N-dealkylation sites (N-methyl/N-ethyl adjacent to an activating group) is 1. The topological polar surface area (TPSA) is 61.7 Å². The van der Waals surface area contributed by atoms with Gasteiger partial charge in [-0.2, -0.15) is 0 Å². The number of likely N-dealkylation sites (tertiary alicyclic amines) is 2. The maximum atomic E-state index is 13.4. The predicted molar refractivity (Wildman–Crippen MR) is 145 cm³/mol. The standard InChI is InChI=1S/C27H32ClN5O2S/c1-30(21-10-12-31(15-21)20-4-2-3-5-20)27(35)32-13-11-22(16-32)33-17-29-23-14-24(36-25(23)26(33)34)18-6-8-19(28)9-7-18/h6-9,14,17,20-22H,2-5,10-13,15-16H2,1H3/t21-,22+/m1/s1. The van der Waals surface area contributed by atoms with Crippen molar-refractivity contribution in [2.75, 3.05) is 33.2 Å². The number of thiophene rings is 1. The summed E-state index contributed by atoms with van der Waals surface area (Å²) in [4.78, 5) is 38.8. The molecule has 2 saturated heterocycles. The van der Waals surface area contributed by atoms with Crippen LogP contribution in [0.5, 0.6) is 0 Å². The van der Waals surface area contributed by atoms with Crippen LogP contribution in [0.15, 0.2) is 41.5 Å². The average Bonchev–Trinajstić information content (AvgIpc) is 3.69. The third-order valence-electron chi connectivity index (χ3n) is 8.30. The molecule has 0 radical (unpaired) electrons. The minimum absolute atomic E-state index is 0.0270. The van der Waals surface area contributed by atoms with Crippen LogP contribution in [-0.2, 0) is 0 Å². The zero-order valence-corrected chi connectivity index (χ0v) is 22.2. The second kappa shape index (κ2) is 9.80. The van der Waals surface area contributed by atoms with Crippen LogP contribution in [0, 0.1) is 0 Å². The number of nitrogens with zero attached hydrogens (tertiary/aromatic N) is 5. The fourth-order valence-electron chi connectivity index (χ4n) is 6.15. The summed E-state index contributed by atoms with van der Waals surface area (Å²) in [6, 6.07) is 10.6. The van der Waals surface area contributed by atoms with Crippen molar-refractivity contribution in [3.05, 3.63) is 52.0 Å². The molecule has 1 saturated carbocycles. The van der Waals surface area contributed by atoms with Gasteiger partial charge >= 0.3 is 6.03 Å². The van der Waals surface area contributed by atoms with E-state index in [1.807, 2.05) is 47.2 Å². The number of benzene rings is 1. The van der Waals surface area contributed by atoms with E-state index in [2.05, 4.69) is 9.88 Å². The number of aromatic nitrogens is 2. The lowest BCUT2D eigenvalue weighted by molar-refractivity contribution is 0.150. The number of carbonyl (C=O) groups excluding carboxylic acids is 1. The van der Waals surface area contributed by atoms with Gasteiger partial charge in [0.15, 0.2) is 0 Å². The Kier molecular flexibility index (Phi) is 6.52. The van der Waals surface area contributed by atoms with E-state index in [9.17, 15) is 9.59 Å². The third kappa shape index (κ3) is 4.44. The van der Waals surface area contributed by atoms with Crippen molar-refractivity contribution in [1.82, 2.24) is 24.3 Å². The fraction of sp³-hybridized carbons (Fsp3) is 0.519. The van der Waals surface area contributed by atoms with Crippen LogP contribution in [0.25, 0.3) is 20.7 Å². The molecule has 0 unspecified atom stereocenters. The molecular weight excluding hydrogens is 494 g/mol. The van der Waals surface area contributed by atoms with E-state index in [0.717, 1.165) is 36.4 Å². The van der Waals surface area contributed by atoms with E-state index in [1.54, 1.807) is 10.9 Å². The molecule has 0 spiro atoms. The quantitative estimate of drug-likeness (QED) is 0.476. The number of fused-ring (bicyclic) bond motifs is 1. The van der Waals surface area contributed by atoms with Gasteiger partial charge in [-0.25, -0.2) is 9.78 Å². The van der Waals surface area contributed by atoms with Crippen molar-refractivity contribution in [3.8, 4) is 10.4 Å². The first-order chi connectivity index (χ1) is 17.5. The highest BCUT2D eigenvalue weighted by atomic mass is 35.5. The summed E-state index contributed by atoms with van der Waals surface area (Å²) in [5.74, 6) is 0.